The van der Waals surface area contributed by atoms with Gasteiger partial charge in [0.1, 0.15) is 10.5 Å². The molecule has 120 valence electrons. The first-order valence-electron chi connectivity index (χ1n) is 6.35. The highest BCUT2D eigenvalue weighted by atomic mass is 79.9. The minimum atomic E-state index is -3.69. The van der Waals surface area contributed by atoms with Crippen molar-refractivity contribution in [3.05, 3.63) is 57.1 Å². The molecule has 6 nitrogen and oxygen atoms in total. The lowest BCUT2D eigenvalue weighted by Gasteiger charge is -2.03. The number of benzene rings is 1. The second-order valence-electron chi connectivity index (χ2n) is 4.52. The molecule has 1 aromatic carbocycles. The van der Waals surface area contributed by atoms with Crippen molar-refractivity contribution in [1.82, 2.24) is 14.8 Å². The van der Waals surface area contributed by atoms with Crippen LogP contribution >= 0.6 is 38.9 Å². The van der Waals surface area contributed by atoms with Crippen LogP contribution in [0.3, 0.4) is 0 Å². The Balaban J connectivity index is 1.76. The zero-order valence-electron chi connectivity index (χ0n) is 11.5. The second kappa shape index (κ2) is 6.60. The first-order valence-corrected chi connectivity index (χ1v) is 9.82. The van der Waals surface area contributed by atoms with Gasteiger partial charge in [0.05, 0.1) is 10.3 Å². The van der Waals surface area contributed by atoms with E-state index in [1.807, 2.05) is 18.2 Å². The number of nitrogens with one attached hydrogen (secondary N) is 1. The average Bonchev–Trinajstić information content (AvgIpc) is 3.11. The van der Waals surface area contributed by atoms with Gasteiger partial charge in [0.15, 0.2) is 0 Å². The molecule has 10 heteroatoms. The molecule has 0 aliphatic carbocycles. The lowest BCUT2D eigenvalue weighted by atomic mass is 10.2. The summed E-state index contributed by atoms with van der Waals surface area (Å²) in [6.45, 7) is 0.402. The van der Waals surface area contributed by atoms with Crippen molar-refractivity contribution >= 4 is 54.8 Å². The summed E-state index contributed by atoms with van der Waals surface area (Å²) in [5.41, 5.74) is 0.871. The second-order valence-corrected chi connectivity index (χ2v) is 9.30. The van der Waals surface area contributed by atoms with Crippen molar-refractivity contribution in [2.45, 2.75) is 10.8 Å². The van der Waals surface area contributed by atoms with Crippen molar-refractivity contribution in [3.63, 3.8) is 0 Å². The topological polar surface area (TPSA) is 76.9 Å². The Labute approximate surface area is 150 Å². The van der Waals surface area contributed by atoms with E-state index in [0.29, 0.717) is 11.6 Å². The molecule has 3 rings (SSSR count). The molecule has 0 amide bonds. The molecule has 3 aromatic rings. The van der Waals surface area contributed by atoms with E-state index in [-0.39, 0.29) is 10.2 Å². The van der Waals surface area contributed by atoms with Gasteiger partial charge in [0.2, 0.25) is 0 Å². The molecule has 0 fully saturated rings. The Hall–Kier alpha value is -1.42. The van der Waals surface area contributed by atoms with Gasteiger partial charge in [-0.25, -0.2) is 17.8 Å². The SMILES string of the molecule is O=S(=O)(Nc1ncn(Cc2ccccc2Cl)n1)c1ccc(Br)s1. The van der Waals surface area contributed by atoms with Crippen LogP contribution in [0.5, 0.6) is 0 Å². The monoisotopic (exact) mass is 432 g/mol. The average molecular weight is 434 g/mol. The number of thiophene rings is 1. The highest BCUT2D eigenvalue weighted by Gasteiger charge is 2.18. The fourth-order valence-electron chi connectivity index (χ4n) is 1.83. The third kappa shape index (κ3) is 3.92. The van der Waals surface area contributed by atoms with Crippen molar-refractivity contribution in [2.24, 2.45) is 0 Å². The van der Waals surface area contributed by atoms with Gasteiger partial charge in [-0.3, -0.25) is 0 Å². The number of halogens is 2. The van der Waals surface area contributed by atoms with E-state index >= 15 is 0 Å². The molecule has 1 N–H and O–H groups in total. The van der Waals surface area contributed by atoms with Gasteiger partial charge < -0.3 is 0 Å². The van der Waals surface area contributed by atoms with Gasteiger partial charge in [-0.05, 0) is 39.7 Å². The lowest BCUT2D eigenvalue weighted by molar-refractivity contribution is 0.602. The van der Waals surface area contributed by atoms with E-state index in [4.69, 9.17) is 11.6 Å². The molecule has 0 aliphatic rings. The molecule has 2 heterocycles. The third-order valence-electron chi connectivity index (χ3n) is 2.87. The van der Waals surface area contributed by atoms with Gasteiger partial charge in [-0.15, -0.1) is 16.4 Å². The molecule has 23 heavy (non-hydrogen) atoms. The largest absolute Gasteiger partial charge is 0.273 e. The predicted octanol–water partition coefficient (Wildman–Crippen LogP) is 3.60. The van der Waals surface area contributed by atoms with E-state index in [9.17, 15) is 8.42 Å². The summed E-state index contributed by atoms with van der Waals surface area (Å²) in [7, 11) is -3.69. The van der Waals surface area contributed by atoms with E-state index in [2.05, 4.69) is 30.7 Å². The van der Waals surface area contributed by atoms with E-state index in [1.165, 1.54) is 17.1 Å². The highest BCUT2D eigenvalue weighted by molar-refractivity contribution is 9.11. The van der Waals surface area contributed by atoms with Crippen LogP contribution < -0.4 is 4.72 Å². The summed E-state index contributed by atoms with van der Waals surface area (Å²) in [5.74, 6) is 0.0153. The Morgan fingerprint density at radius 2 is 2.04 bits per heavy atom. The summed E-state index contributed by atoms with van der Waals surface area (Å²) in [6.07, 6.45) is 1.45. The normalized spacial score (nSPS) is 11.6. The van der Waals surface area contributed by atoms with Crippen LogP contribution in [0.1, 0.15) is 5.56 Å². The molecule has 0 atom stereocenters. The molecule has 0 bridgehead atoms. The zero-order valence-corrected chi connectivity index (χ0v) is 15.5. The van der Waals surface area contributed by atoms with Crippen LogP contribution in [0.15, 0.2) is 50.7 Å². The van der Waals surface area contributed by atoms with Crippen LogP contribution in [0.4, 0.5) is 5.95 Å². The minimum Gasteiger partial charge on any atom is -0.246 e. The van der Waals surface area contributed by atoms with Crippen LogP contribution in [0.2, 0.25) is 5.02 Å². The quantitative estimate of drug-likeness (QED) is 0.667. The van der Waals surface area contributed by atoms with Crippen molar-refractivity contribution < 1.29 is 8.42 Å². The Kier molecular flexibility index (Phi) is 4.72. The highest BCUT2D eigenvalue weighted by Crippen LogP contribution is 2.27. The third-order valence-corrected chi connectivity index (χ3v) is 6.68. The summed E-state index contributed by atoms with van der Waals surface area (Å²) in [4.78, 5) is 3.97. The maximum Gasteiger partial charge on any atom is 0.273 e. The van der Waals surface area contributed by atoms with Crippen LogP contribution in [-0.4, -0.2) is 23.2 Å². The van der Waals surface area contributed by atoms with Crippen LogP contribution in [-0.2, 0) is 16.6 Å². The molecule has 0 saturated carbocycles. The van der Waals surface area contributed by atoms with E-state index in [1.54, 1.807) is 12.1 Å². The maximum atomic E-state index is 12.2. The predicted molar refractivity (Wildman–Crippen MR) is 93.4 cm³/mol. The molecule has 0 spiro atoms. The summed E-state index contributed by atoms with van der Waals surface area (Å²) < 4.78 is 29.2. The minimum absolute atomic E-state index is 0.0153. The van der Waals surface area contributed by atoms with E-state index in [0.717, 1.165) is 20.7 Å². The Morgan fingerprint density at radius 1 is 1.26 bits per heavy atom. The molecule has 0 radical (unpaired) electrons. The number of hydrogen-bond donors (Lipinski definition) is 1. The molecule has 0 unspecified atom stereocenters. The van der Waals surface area contributed by atoms with Gasteiger partial charge in [0.25, 0.3) is 16.0 Å². The number of nitrogens with zero attached hydrogens (tertiary/aromatic N) is 3. The number of aromatic nitrogens is 3. The smallest absolute Gasteiger partial charge is 0.246 e. The van der Waals surface area contributed by atoms with Crippen molar-refractivity contribution in [3.8, 4) is 0 Å². The number of rotatable bonds is 5. The van der Waals surface area contributed by atoms with Crippen molar-refractivity contribution in [1.29, 1.82) is 0 Å². The number of sulfonamides is 1. The Bertz CT molecular complexity index is 939. The summed E-state index contributed by atoms with van der Waals surface area (Å²) in [5, 5.41) is 4.73. The van der Waals surface area contributed by atoms with E-state index < -0.39 is 10.0 Å². The molecule has 0 saturated heterocycles. The fraction of sp³-hybridized carbons (Fsp3) is 0.0769. The molecular formula is C13H10BrClN4O2S2. The first kappa shape index (κ1) is 16.4. The van der Waals surface area contributed by atoms with Crippen LogP contribution in [0.25, 0.3) is 0 Å². The molecule has 2 aromatic heterocycles. The standard InChI is InChI=1S/C13H10BrClN4O2S2/c14-11-5-6-12(22-11)23(20,21)18-13-16-8-19(17-13)7-9-3-1-2-4-10(9)15/h1-6,8H,7H2,(H,17,18). The summed E-state index contributed by atoms with van der Waals surface area (Å²) >= 11 is 10.4. The first-order chi connectivity index (χ1) is 10.9. The van der Waals surface area contributed by atoms with Gasteiger partial charge in [-0.2, -0.15) is 4.98 Å². The summed E-state index contributed by atoms with van der Waals surface area (Å²) in [6, 6.07) is 10.5. The van der Waals surface area contributed by atoms with Gasteiger partial charge >= 0.3 is 0 Å². The van der Waals surface area contributed by atoms with Gasteiger partial charge in [0, 0.05) is 5.02 Å². The lowest BCUT2D eigenvalue weighted by Crippen LogP contribution is -2.13. The van der Waals surface area contributed by atoms with Crippen LogP contribution in [0, 0.1) is 0 Å². The molecule has 0 aliphatic heterocycles. The maximum absolute atomic E-state index is 12.2. The zero-order chi connectivity index (χ0) is 16.4. The number of hydrogen-bond acceptors (Lipinski definition) is 5. The van der Waals surface area contributed by atoms with Crippen molar-refractivity contribution in [2.75, 3.05) is 4.72 Å². The fourth-order valence-corrected chi connectivity index (χ4v) is 4.98. The number of anilines is 1. The Morgan fingerprint density at radius 3 is 2.74 bits per heavy atom. The van der Waals surface area contributed by atoms with Gasteiger partial charge in [-0.1, -0.05) is 29.8 Å². The molecular weight excluding hydrogens is 424 g/mol.